The molecule has 0 aromatic carbocycles. The third-order valence-corrected chi connectivity index (χ3v) is 2.31. The molecule has 0 saturated carbocycles. The van der Waals surface area contributed by atoms with E-state index in [0.717, 1.165) is 5.76 Å². The maximum Gasteiger partial charge on any atom is 0.133 e. The van der Waals surface area contributed by atoms with Crippen LogP contribution in [0.5, 0.6) is 0 Å². The first-order valence-corrected chi connectivity index (χ1v) is 5.10. The fourth-order valence-corrected chi connectivity index (χ4v) is 1.25. The summed E-state index contributed by atoms with van der Waals surface area (Å²) >= 11 is 0. The van der Waals surface area contributed by atoms with Gasteiger partial charge in [-0.05, 0) is 17.5 Å². The van der Waals surface area contributed by atoms with E-state index in [9.17, 15) is 5.11 Å². The molecule has 0 amide bonds. The fourth-order valence-electron chi connectivity index (χ4n) is 1.25. The minimum atomic E-state index is -0.532. The topological polar surface area (TPSA) is 33.4 Å². The first-order chi connectivity index (χ1) is 6.32. The number of rotatable bonds is 2. The maximum atomic E-state index is 9.96. The first-order valence-electron chi connectivity index (χ1n) is 5.10. The quantitative estimate of drug-likeness (QED) is 0.785. The molecule has 2 heteroatoms. The third kappa shape index (κ3) is 2.38. The van der Waals surface area contributed by atoms with Crippen molar-refractivity contribution in [2.24, 2.45) is 5.41 Å². The highest BCUT2D eigenvalue weighted by atomic mass is 16.4. The summed E-state index contributed by atoms with van der Waals surface area (Å²) in [7, 11) is 0. The normalized spacial score (nSPS) is 14.8. The van der Waals surface area contributed by atoms with Gasteiger partial charge >= 0.3 is 0 Å². The van der Waals surface area contributed by atoms with Gasteiger partial charge in [0.15, 0.2) is 0 Å². The molecule has 1 rings (SSSR count). The molecule has 1 heterocycles. The highest BCUT2D eigenvalue weighted by Crippen LogP contribution is 2.34. The Kier molecular flexibility index (Phi) is 3.05. The minimum Gasteiger partial charge on any atom is -0.463 e. The molecule has 2 nitrogen and oxygen atoms in total. The Hall–Kier alpha value is -0.760. The van der Waals surface area contributed by atoms with E-state index in [1.807, 2.05) is 32.9 Å². The van der Waals surface area contributed by atoms with Crippen LogP contribution in [0.25, 0.3) is 0 Å². The zero-order valence-corrected chi connectivity index (χ0v) is 9.66. The lowest BCUT2D eigenvalue weighted by Crippen LogP contribution is -2.17. The van der Waals surface area contributed by atoms with E-state index in [0.29, 0.717) is 11.7 Å². The molecule has 0 bridgehead atoms. The molecule has 0 fully saturated rings. The summed E-state index contributed by atoms with van der Waals surface area (Å²) in [6.45, 7) is 10.1. The van der Waals surface area contributed by atoms with Crippen molar-refractivity contribution in [2.45, 2.75) is 46.6 Å². The van der Waals surface area contributed by atoms with Crippen LogP contribution < -0.4 is 0 Å². The number of hydrogen-bond acceptors (Lipinski definition) is 2. The molecule has 1 N–H and O–H groups in total. The molecule has 1 atom stereocenters. The Labute approximate surface area is 85.9 Å². The van der Waals surface area contributed by atoms with Gasteiger partial charge in [-0.3, -0.25) is 0 Å². The van der Waals surface area contributed by atoms with Crippen LogP contribution in [-0.4, -0.2) is 5.11 Å². The second-order valence-electron chi connectivity index (χ2n) is 5.16. The van der Waals surface area contributed by atoms with Crippen LogP contribution in [0.2, 0.25) is 0 Å². The van der Waals surface area contributed by atoms with E-state index in [4.69, 9.17) is 4.42 Å². The van der Waals surface area contributed by atoms with E-state index >= 15 is 0 Å². The molecule has 1 unspecified atom stereocenters. The van der Waals surface area contributed by atoms with Crippen LogP contribution in [0.15, 0.2) is 16.5 Å². The van der Waals surface area contributed by atoms with E-state index in [1.54, 1.807) is 0 Å². The minimum absolute atomic E-state index is 0.175. The van der Waals surface area contributed by atoms with Crippen molar-refractivity contribution in [1.82, 2.24) is 0 Å². The summed E-state index contributed by atoms with van der Waals surface area (Å²) in [5.41, 5.74) is -0.175. The average molecular weight is 196 g/mol. The van der Waals surface area contributed by atoms with Gasteiger partial charge in [0.25, 0.3) is 0 Å². The molecular formula is C12H20O2. The summed E-state index contributed by atoms with van der Waals surface area (Å²) in [4.78, 5) is 0. The Morgan fingerprint density at radius 3 is 2.00 bits per heavy atom. The first kappa shape index (κ1) is 11.3. The second kappa shape index (κ2) is 3.77. The van der Waals surface area contributed by atoms with E-state index < -0.39 is 6.10 Å². The van der Waals surface area contributed by atoms with Gasteiger partial charge < -0.3 is 9.52 Å². The maximum absolute atomic E-state index is 9.96. The van der Waals surface area contributed by atoms with Gasteiger partial charge in [-0.15, -0.1) is 0 Å². The molecule has 14 heavy (non-hydrogen) atoms. The van der Waals surface area contributed by atoms with Gasteiger partial charge in [0.1, 0.15) is 17.6 Å². The third-order valence-electron chi connectivity index (χ3n) is 2.31. The van der Waals surface area contributed by atoms with Gasteiger partial charge in [-0.25, -0.2) is 0 Å². The lowest BCUT2D eigenvalue weighted by atomic mass is 9.88. The summed E-state index contributed by atoms with van der Waals surface area (Å²) < 4.78 is 5.58. The average Bonchev–Trinajstić information content (AvgIpc) is 2.48. The van der Waals surface area contributed by atoms with Crippen LogP contribution in [0.1, 0.15) is 58.2 Å². The van der Waals surface area contributed by atoms with Gasteiger partial charge in [-0.2, -0.15) is 0 Å². The second-order valence-corrected chi connectivity index (χ2v) is 5.16. The summed E-state index contributed by atoms with van der Waals surface area (Å²) in [6.07, 6.45) is -0.532. The van der Waals surface area contributed by atoms with E-state index in [1.165, 1.54) is 0 Å². The van der Waals surface area contributed by atoms with E-state index in [2.05, 4.69) is 13.8 Å². The van der Waals surface area contributed by atoms with Crippen molar-refractivity contribution in [3.8, 4) is 0 Å². The number of aliphatic hydroxyl groups is 1. The van der Waals surface area contributed by atoms with Gasteiger partial charge in [0.2, 0.25) is 0 Å². The van der Waals surface area contributed by atoms with Gasteiger partial charge in [0, 0.05) is 5.92 Å². The Balaban J connectivity index is 2.87. The molecule has 80 valence electrons. The van der Waals surface area contributed by atoms with Crippen LogP contribution in [0.4, 0.5) is 0 Å². The van der Waals surface area contributed by atoms with Crippen LogP contribution >= 0.6 is 0 Å². The fraction of sp³-hybridized carbons (Fsp3) is 0.667. The molecule has 0 spiro atoms. The van der Waals surface area contributed by atoms with Crippen molar-refractivity contribution >= 4 is 0 Å². The zero-order valence-electron chi connectivity index (χ0n) is 9.66. The molecule has 1 aromatic rings. The predicted molar refractivity (Wildman–Crippen MR) is 57.2 cm³/mol. The smallest absolute Gasteiger partial charge is 0.133 e. The Morgan fingerprint density at radius 2 is 1.64 bits per heavy atom. The molecule has 0 aliphatic heterocycles. The van der Waals surface area contributed by atoms with Gasteiger partial charge in [0.05, 0.1) is 0 Å². The SMILES string of the molecule is CC(C)c1ccc(C(O)C(C)(C)C)o1. The highest BCUT2D eigenvalue weighted by molar-refractivity contribution is 5.13. The Morgan fingerprint density at radius 1 is 1.14 bits per heavy atom. The van der Waals surface area contributed by atoms with E-state index in [-0.39, 0.29) is 5.41 Å². The van der Waals surface area contributed by atoms with Crippen molar-refractivity contribution in [1.29, 1.82) is 0 Å². The number of furan rings is 1. The van der Waals surface area contributed by atoms with Crippen molar-refractivity contribution in [3.05, 3.63) is 23.7 Å². The summed E-state index contributed by atoms with van der Waals surface area (Å²) in [6, 6.07) is 3.81. The molecule has 0 radical (unpaired) electrons. The Bertz CT molecular complexity index is 292. The lowest BCUT2D eigenvalue weighted by molar-refractivity contribution is 0.0422. The molecule has 0 aliphatic rings. The molecule has 0 saturated heterocycles. The van der Waals surface area contributed by atoms with Crippen LogP contribution in [0, 0.1) is 5.41 Å². The standard InChI is InChI=1S/C12H20O2/c1-8(2)9-6-7-10(14-9)11(13)12(3,4)5/h6-8,11,13H,1-5H3. The molecule has 0 aliphatic carbocycles. The predicted octanol–water partition coefficient (Wildman–Crippen LogP) is 3.48. The van der Waals surface area contributed by atoms with Gasteiger partial charge in [-0.1, -0.05) is 34.6 Å². The van der Waals surface area contributed by atoms with Crippen LogP contribution in [-0.2, 0) is 0 Å². The largest absolute Gasteiger partial charge is 0.463 e. The number of hydrogen-bond donors (Lipinski definition) is 1. The molecular weight excluding hydrogens is 176 g/mol. The number of aliphatic hydroxyl groups excluding tert-OH is 1. The zero-order chi connectivity index (χ0) is 10.9. The van der Waals surface area contributed by atoms with Crippen molar-refractivity contribution in [3.63, 3.8) is 0 Å². The lowest BCUT2D eigenvalue weighted by Gasteiger charge is -2.23. The van der Waals surface area contributed by atoms with Crippen LogP contribution in [0.3, 0.4) is 0 Å². The van der Waals surface area contributed by atoms with Crippen molar-refractivity contribution < 1.29 is 9.52 Å². The summed E-state index contributed by atoms with van der Waals surface area (Å²) in [5.74, 6) is 1.97. The van der Waals surface area contributed by atoms with Crippen molar-refractivity contribution in [2.75, 3.05) is 0 Å². The monoisotopic (exact) mass is 196 g/mol. The summed E-state index contributed by atoms with van der Waals surface area (Å²) in [5, 5.41) is 9.96. The highest BCUT2D eigenvalue weighted by Gasteiger charge is 2.26. The molecule has 1 aromatic heterocycles.